The summed E-state index contributed by atoms with van der Waals surface area (Å²) in [7, 11) is 0. The predicted molar refractivity (Wildman–Crippen MR) is 130 cm³/mol. The zero-order chi connectivity index (χ0) is 22.5. The number of nitrogens with one attached hydrogen (secondary N) is 1. The zero-order valence-corrected chi connectivity index (χ0v) is 18.3. The van der Waals surface area contributed by atoms with Crippen molar-refractivity contribution in [1.82, 2.24) is 10.2 Å². The van der Waals surface area contributed by atoms with Crippen LogP contribution in [0.15, 0.2) is 107 Å². The molecule has 1 N–H and O–H groups in total. The molecule has 7 heteroatoms. The van der Waals surface area contributed by atoms with Crippen LogP contribution in [0.4, 0.5) is 5.69 Å². The first kappa shape index (κ1) is 20.8. The van der Waals surface area contributed by atoms with Gasteiger partial charge < -0.3 is 14.5 Å². The van der Waals surface area contributed by atoms with E-state index in [-0.39, 0.29) is 11.7 Å². The van der Waals surface area contributed by atoms with Crippen LogP contribution in [0.1, 0.15) is 0 Å². The lowest BCUT2D eigenvalue weighted by Gasteiger charge is -2.07. The van der Waals surface area contributed by atoms with Gasteiger partial charge in [-0.15, -0.1) is 10.2 Å². The standard InChI is InChI=1S/C26H19N3O3S/c30-24(27-19-13-15-21(16-14-19)31-20-9-2-1-3-10-20)17-33-26-29-28-25(32-26)23-12-6-8-18-7-4-5-11-22(18)23/h1-16H,17H2,(H,27,30). The maximum absolute atomic E-state index is 12.4. The predicted octanol–water partition coefficient (Wildman–Crippen LogP) is 6.41. The van der Waals surface area contributed by atoms with Gasteiger partial charge in [-0.25, -0.2) is 0 Å². The normalized spacial score (nSPS) is 10.8. The Morgan fingerprint density at radius 2 is 1.55 bits per heavy atom. The molecule has 1 amide bonds. The largest absolute Gasteiger partial charge is 0.457 e. The quantitative estimate of drug-likeness (QED) is 0.287. The van der Waals surface area contributed by atoms with Crippen molar-refractivity contribution in [2.24, 2.45) is 0 Å². The monoisotopic (exact) mass is 453 g/mol. The molecular weight excluding hydrogens is 434 g/mol. The lowest BCUT2D eigenvalue weighted by Crippen LogP contribution is -2.13. The fourth-order valence-corrected chi connectivity index (χ4v) is 3.91. The van der Waals surface area contributed by atoms with Crippen LogP contribution in [0, 0.1) is 0 Å². The van der Waals surface area contributed by atoms with Gasteiger partial charge in [0.25, 0.3) is 5.22 Å². The van der Waals surface area contributed by atoms with E-state index in [0.29, 0.717) is 22.6 Å². The number of aromatic nitrogens is 2. The van der Waals surface area contributed by atoms with E-state index in [2.05, 4.69) is 15.5 Å². The molecule has 1 aromatic heterocycles. The van der Waals surface area contributed by atoms with E-state index < -0.39 is 0 Å². The third-order valence-corrected chi connectivity index (χ3v) is 5.69. The molecule has 0 atom stereocenters. The number of para-hydroxylation sites is 1. The molecule has 0 aliphatic rings. The summed E-state index contributed by atoms with van der Waals surface area (Å²) in [5.74, 6) is 1.87. The number of anilines is 1. The van der Waals surface area contributed by atoms with E-state index in [1.54, 1.807) is 12.1 Å². The van der Waals surface area contributed by atoms with Crippen LogP contribution in [0.25, 0.3) is 22.2 Å². The van der Waals surface area contributed by atoms with E-state index in [9.17, 15) is 4.79 Å². The minimum Gasteiger partial charge on any atom is -0.457 e. The molecule has 5 aromatic rings. The van der Waals surface area contributed by atoms with E-state index >= 15 is 0 Å². The summed E-state index contributed by atoms with van der Waals surface area (Å²) in [6.07, 6.45) is 0. The molecule has 0 saturated heterocycles. The fraction of sp³-hybridized carbons (Fsp3) is 0.0385. The Bertz CT molecular complexity index is 1380. The van der Waals surface area contributed by atoms with Crippen molar-refractivity contribution in [1.29, 1.82) is 0 Å². The molecule has 0 fully saturated rings. The summed E-state index contributed by atoms with van der Waals surface area (Å²) >= 11 is 1.20. The van der Waals surface area contributed by atoms with Gasteiger partial charge in [0.15, 0.2) is 0 Å². The van der Waals surface area contributed by atoms with Gasteiger partial charge in [-0.3, -0.25) is 4.79 Å². The maximum Gasteiger partial charge on any atom is 0.277 e. The lowest BCUT2D eigenvalue weighted by molar-refractivity contribution is -0.113. The highest BCUT2D eigenvalue weighted by Crippen LogP contribution is 2.29. The average molecular weight is 454 g/mol. The van der Waals surface area contributed by atoms with Gasteiger partial charge in [0.2, 0.25) is 11.8 Å². The Morgan fingerprint density at radius 1 is 0.818 bits per heavy atom. The van der Waals surface area contributed by atoms with Gasteiger partial charge >= 0.3 is 0 Å². The topological polar surface area (TPSA) is 77.2 Å². The summed E-state index contributed by atoms with van der Waals surface area (Å²) in [5.41, 5.74) is 1.55. The van der Waals surface area contributed by atoms with E-state index in [4.69, 9.17) is 9.15 Å². The highest BCUT2D eigenvalue weighted by Gasteiger charge is 2.13. The van der Waals surface area contributed by atoms with Crippen molar-refractivity contribution < 1.29 is 13.9 Å². The molecule has 1 heterocycles. The third-order valence-electron chi connectivity index (χ3n) is 4.87. The molecule has 5 rings (SSSR count). The number of hydrogen-bond donors (Lipinski definition) is 1. The van der Waals surface area contributed by atoms with Crippen LogP contribution < -0.4 is 10.1 Å². The molecule has 6 nitrogen and oxygen atoms in total. The van der Waals surface area contributed by atoms with Crippen molar-refractivity contribution in [2.45, 2.75) is 5.22 Å². The van der Waals surface area contributed by atoms with Gasteiger partial charge in [0, 0.05) is 11.3 Å². The number of carbonyl (C=O) groups excluding carboxylic acids is 1. The second-order valence-electron chi connectivity index (χ2n) is 7.18. The van der Waals surface area contributed by atoms with Crippen molar-refractivity contribution in [3.05, 3.63) is 97.1 Å². The molecule has 0 radical (unpaired) electrons. The number of carbonyl (C=O) groups is 1. The first-order valence-corrected chi connectivity index (χ1v) is 11.3. The smallest absolute Gasteiger partial charge is 0.277 e. The van der Waals surface area contributed by atoms with E-state index in [1.807, 2.05) is 84.9 Å². The van der Waals surface area contributed by atoms with Crippen molar-refractivity contribution >= 4 is 34.1 Å². The Kier molecular flexibility index (Phi) is 6.04. The van der Waals surface area contributed by atoms with Gasteiger partial charge in [0.05, 0.1) is 5.75 Å². The third kappa shape index (κ3) is 5.05. The van der Waals surface area contributed by atoms with Gasteiger partial charge in [-0.05, 0) is 53.2 Å². The number of benzene rings is 4. The molecule has 0 bridgehead atoms. The molecule has 0 unspecified atom stereocenters. The van der Waals surface area contributed by atoms with Crippen LogP contribution in [0.3, 0.4) is 0 Å². The minimum absolute atomic E-state index is 0.152. The average Bonchev–Trinajstić information content (AvgIpc) is 3.33. The Morgan fingerprint density at radius 3 is 2.39 bits per heavy atom. The summed E-state index contributed by atoms with van der Waals surface area (Å²) in [5, 5.41) is 13.6. The first-order valence-electron chi connectivity index (χ1n) is 10.3. The van der Waals surface area contributed by atoms with Crippen molar-refractivity contribution in [3.8, 4) is 23.0 Å². The summed E-state index contributed by atoms with van der Waals surface area (Å²) < 4.78 is 11.6. The molecule has 4 aromatic carbocycles. The number of ether oxygens (including phenoxy) is 1. The highest BCUT2D eigenvalue weighted by molar-refractivity contribution is 7.99. The second-order valence-corrected chi connectivity index (χ2v) is 8.10. The van der Waals surface area contributed by atoms with Gasteiger partial charge in [0.1, 0.15) is 11.5 Å². The van der Waals surface area contributed by atoms with Crippen LogP contribution in [0.5, 0.6) is 11.5 Å². The molecule has 162 valence electrons. The highest BCUT2D eigenvalue weighted by atomic mass is 32.2. The Hall–Kier alpha value is -4.10. The number of nitrogens with zero attached hydrogens (tertiary/aromatic N) is 2. The summed E-state index contributed by atoms with van der Waals surface area (Å²) in [4.78, 5) is 12.4. The Labute approximate surface area is 194 Å². The number of fused-ring (bicyclic) bond motifs is 1. The fourth-order valence-electron chi connectivity index (χ4n) is 3.34. The second kappa shape index (κ2) is 9.58. The van der Waals surface area contributed by atoms with Crippen LogP contribution in [-0.4, -0.2) is 21.9 Å². The Balaban J connectivity index is 1.18. The van der Waals surface area contributed by atoms with Crippen molar-refractivity contribution in [3.63, 3.8) is 0 Å². The first-order chi connectivity index (χ1) is 16.2. The van der Waals surface area contributed by atoms with Crippen LogP contribution in [-0.2, 0) is 4.79 Å². The molecule has 0 aliphatic heterocycles. The van der Waals surface area contributed by atoms with Crippen LogP contribution in [0.2, 0.25) is 0 Å². The van der Waals surface area contributed by atoms with Gasteiger partial charge in [-0.1, -0.05) is 66.4 Å². The number of hydrogen-bond acceptors (Lipinski definition) is 6. The van der Waals surface area contributed by atoms with E-state index in [0.717, 1.165) is 22.1 Å². The number of thioether (sulfide) groups is 1. The van der Waals surface area contributed by atoms with Crippen LogP contribution >= 0.6 is 11.8 Å². The lowest BCUT2D eigenvalue weighted by atomic mass is 10.0. The SMILES string of the molecule is O=C(CSc1nnc(-c2cccc3ccccc23)o1)Nc1ccc(Oc2ccccc2)cc1. The molecule has 0 aliphatic carbocycles. The maximum atomic E-state index is 12.4. The molecule has 33 heavy (non-hydrogen) atoms. The van der Waals surface area contributed by atoms with Gasteiger partial charge in [-0.2, -0.15) is 0 Å². The van der Waals surface area contributed by atoms with Crippen molar-refractivity contribution in [2.75, 3.05) is 11.1 Å². The summed E-state index contributed by atoms with van der Waals surface area (Å²) in [6, 6.07) is 30.7. The molecule has 0 spiro atoms. The number of rotatable bonds is 7. The number of amides is 1. The zero-order valence-electron chi connectivity index (χ0n) is 17.5. The minimum atomic E-state index is -0.165. The summed E-state index contributed by atoms with van der Waals surface area (Å²) in [6.45, 7) is 0. The van der Waals surface area contributed by atoms with E-state index in [1.165, 1.54) is 11.8 Å². The molecule has 0 saturated carbocycles. The molecular formula is C26H19N3O3S.